The summed E-state index contributed by atoms with van der Waals surface area (Å²) >= 11 is 6.08. The molecule has 1 saturated carbocycles. The van der Waals surface area contributed by atoms with Gasteiger partial charge in [0.2, 0.25) is 0 Å². The molecule has 0 aliphatic heterocycles. The number of anilines is 1. The Morgan fingerprint density at radius 3 is 2.71 bits per heavy atom. The molecule has 0 unspecified atom stereocenters. The largest absolute Gasteiger partial charge is 0.368 e. The van der Waals surface area contributed by atoms with Crippen LogP contribution < -0.4 is 4.90 Å². The molecule has 0 amide bonds. The molecule has 0 spiro atoms. The second kappa shape index (κ2) is 4.98. The van der Waals surface area contributed by atoms with Crippen molar-refractivity contribution < 1.29 is 0 Å². The van der Waals surface area contributed by atoms with Gasteiger partial charge in [-0.05, 0) is 44.7 Å². The van der Waals surface area contributed by atoms with Crippen LogP contribution in [0.4, 0.5) is 5.69 Å². The van der Waals surface area contributed by atoms with Crippen molar-refractivity contribution in [3.8, 4) is 6.07 Å². The zero-order valence-electron chi connectivity index (χ0n) is 10.3. The first-order valence-electron chi connectivity index (χ1n) is 6.08. The molecule has 1 aromatic carbocycles. The quantitative estimate of drug-likeness (QED) is 0.810. The van der Waals surface area contributed by atoms with Gasteiger partial charge in [0.1, 0.15) is 6.07 Å². The summed E-state index contributed by atoms with van der Waals surface area (Å²) in [6.07, 6.45) is 2.62. The lowest BCUT2D eigenvalue weighted by atomic mass is 10.1. The lowest BCUT2D eigenvalue weighted by molar-refractivity contribution is 0.644. The number of hydrogen-bond acceptors (Lipinski definition) is 2. The Morgan fingerprint density at radius 2 is 2.18 bits per heavy atom. The lowest BCUT2D eigenvalue weighted by Gasteiger charge is -2.30. The monoisotopic (exact) mass is 248 g/mol. The highest BCUT2D eigenvalue weighted by atomic mass is 35.5. The van der Waals surface area contributed by atoms with Crippen molar-refractivity contribution in [3.05, 3.63) is 28.8 Å². The minimum absolute atomic E-state index is 0.390. The molecule has 0 bridgehead atoms. The van der Waals surface area contributed by atoms with Crippen molar-refractivity contribution >= 4 is 17.3 Å². The highest BCUT2D eigenvalue weighted by Gasteiger charge is 2.27. The predicted octanol–water partition coefficient (Wildman–Crippen LogP) is 3.84. The second-order valence-electron chi connectivity index (χ2n) is 4.94. The zero-order valence-corrected chi connectivity index (χ0v) is 11.0. The standard InChI is InChI=1S/C14H17ClN2/c1-10(2)17(9-11-6-7-11)14-5-3-4-13(15)12(14)8-16/h3-5,10-11H,6-7,9H2,1-2H3. The fraction of sp³-hybridized carbons (Fsp3) is 0.500. The first kappa shape index (κ1) is 12.3. The van der Waals surface area contributed by atoms with E-state index in [2.05, 4.69) is 24.8 Å². The molecule has 2 rings (SSSR count). The maximum Gasteiger partial charge on any atom is 0.103 e. The van der Waals surface area contributed by atoms with Crippen molar-refractivity contribution in [1.82, 2.24) is 0 Å². The lowest BCUT2D eigenvalue weighted by Crippen LogP contribution is -2.33. The molecule has 0 aromatic heterocycles. The van der Waals surface area contributed by atoms with E-state index in [4.69, 9.17) is 11.6 Å². The third kappa shape index (κ3) is 2.73. The summed E-state index contributed by atoms with van der Waals surface area (Å²) in [4.78, 5) is 2.29. The van der Waals surface area contributed by atoms with Gasteiger partial charge < -0.3 is 4.90 Å². The third-order valence-electron chi connectivity index (χ3n) is 3.19. The Balaban J connectivity index is 2.34. The predicted molar refractivity (Wildman–Crippen MR) is 71.4 cm³/mol. The van der Waals surface area contributed by atoms with Crippen molar-refractivity contribution in [2.75, 3.05) is 11.4 Å². The average Bonchev–Trinajstić information content (AvgIpc) is 3.09. The maximum atomic E-state index is 9.22. The van der Waals surface area contributed by atoms with Gasteiger partial charge in [0, 0.05) is 12.6 Å². The van der Waals surface area contributed by atoms with Gasteiger partial charge in [0.15, 0.2) is 0 Å². The van der Waals surface area contributed by atoms with E-state index in [9.17, 15) is 5.26 Å². The molecular weight excluding hydrogens is 232 g/mol. The van der Waals surface area contributed by atoms with E-state index in [0.29, 0.717) is 16.6 Å². The molecule has 1 aliphatic rings. The number of rotatable bonds is 4. The molecule has 3 heteroatoms. The minimum atomic E-state index is 0.390. The molecule has 1 aliphatic carbocycles. The van der Waals surface area contributed by atoms with Gasteiger partial charge in [-0.1, -0.05) is 17.7 Å². The highest BCUT2D eigenvalue weighted by Crippen LogP contribution is 2.34. The minimum Gasteiger partial charge on any atom is -0.368 e. The molecule has 90 valence electrons. The van der Waals surface area contributed by atoms with Crippen molar-refractivity contribution in [1.29, 1.82) is 5.26 Å². The first-order valence-corrected chi connectivity index (χ1v) is 6.46. The fourth-order valence-electron chi connectivity index (χ4n) is 2.03. The Hall–Kier alpha value is -1.20. The Kier molecular flexibility index (Phi) is 3.59. The number of halogens is 1. The number of nitriles is 1. The molecule has 1 aromatic rings. The van der Waals surface area contributed by atoms with Gasteiger partial charge in [-0.25, -0.2) is 0 Å². The van der Waals surface area contributed by atoms with Crippen LogP contribution in [0.15, 0.2) is 18.2 Å². The Bertz CT molecular complexity index is 444. The number of benzene rings is 1. The first-order chi connectivity index (χ1) is 8.13. The van der Waals surface area contributed by atoms with E-state index in [1.807, 2.05) is 12.1 Å². The van der Waals surface area contributed by atoms with Gasteiger partial charge in [-0.2, -0.15) is 5.26 Å². The molecule has 0 N–H and O–H groups in total. The molecule has 0 atom stereocenters. The van der Waals surface area contributed by atoms with Crippen LogP contribution in [0.2, 0.25) is 5.02 Å². The number of nitrogens with zero attached hydrogens (tertiary/aromatic N) is 2. The fourth-order valence-corrected chi connectivity index (χ4v) is 2.24. The van der Waals surface area contributed by atoms with Crippen LogP contribution in [0.1, 0.15) is 32.3 Å². The second-order valence-corrected chi connectivity index (χ2v) is 5.34. The molecule has 2 nitrogen and oxygen atoms in total. The van der Waals surface area contributed by atoms with Crippen molar-refractivity contribution in [2.24, 2.45) is 5.92 Å². The average molecular weight is 249 g/mol. The van der Waals surface area contributed by atoms with Crippen LogP contribution in [0.3, 0.4) is 0 Å². The van der Waals surface area contributed by atoms with Crippen LogP contribution in [-0.4, -0.2) is 12.6 Å². The molecule has 0 heterocycles. The van der Waals surface area contributed by atoms with Gasteiger partial charge >= 0.3 is 0 Å². The molecule has 0 saturated heterocycles. The van der Waals surface area contributed by atoms with E-state index in [1.165, 1.54) is 12.8 Å². The molecule has 17 heavy (non-hydrogen) atoms. The summed E-state index contributed by atoms with van der Waals surface area (Å²) in [5.41, 5.74) is 1.57. The SMILES string of the molecule is CC(C)N(CC1CC1)c1cccc(Cl)c1C#N. The summed E-state index contributed by atoms with van der Waals surface area (Å²) in [6, 6.07) is 8.30. The van der Waals surface area contributed by atoms with Crippen LogP contribution in [0.25, 0.3) is 0 Å². The highest BCUT2D eigenvalue weighted by molar-refractivity contribution is 6.32. The Labute approximate surface area is 108 Å². The summed E-state index contributed by atoms with van der Waals surface area (Å²) in [7, 11) is 0. The van der Waals surface area contributed by atoms with E-state index in [0.717, 1.165) is 18.2 Å². The number of hydrogen-bond donors (Lipinski definition) is 0. The molecule has 1 fully saturated rings. The molecule has 0 radical (unpaired) electrons. The summed E-state index contributed by atoms with van der Waals surface area (Å²) in [6.45, 7) is 5.35. The van der Waals surface area contributed by atoms with Crippen LogP contribution in [-0.2, 0) is 0 Å². The van der Waals surface area contributed by atoms with Crippen LogP contribution in [0.5, 0.6) is 0 Å². The van der Waals surface area contributed by atoms with Crippen LogP contribution >= 0.6 is 11.6 Å². The van der Waals surface area contributed by atoms with Gasteiger partial charge in [0.25, 0.3) is 0 Å². The van der Waals surface area contributed by atoms with E-state index in [1.54, 1.807) is 6.07 Å². The maximum absolute atomic E-state index is 9.22. The van der Waals surface area contributed by atoms with E-state index >= 15 is 0 Å². The van der Waals surface area contributed by atoms with Gasteiger partial charge in [0.05, 0.1) is 16.3 Å². The smallest absolute Gasteiger partial charge is 0.103 e. The van der Waals surface area contributed by atoms with E-state index in [-0.39, 0.29) is 0 Å². The third-order valence-corrected chi connectivity index (χ3v) is 3.50. The Morgan fingerprint density at radius 1 is 1.47 bits per heavy atom. The topological polar surface area (TPSA) is 27.0 Å². The van der Waals surface area contributed by atoms with Gasteiger partial charge in [-0.15, -0.1) is 0 Å². The van der Waals surface area contributed by atoms with Gasteiger partial charge in [-0.3, -0.25) is 0 Å². The zero-order chi connectivity index (χ0) is 12.4. The summed E-state index contributed by atoms with van der Waals surface area (Å²) in [5.74, 6) is 0.794. The summed E-state index contributed by atoms with van der Waals surface area (Å²) in [5, 5.41) is 9.77. The van der Waals surface area contributed by atoms with Crippen molar-refractivity contribution in [2.45, 2.75) is 32.7 Å². The van der Waals surface area contributed by atoms with E-state index < -0.39 is 0 Å². The van der Waals surface area contributed by atoms with Crippen LogP contribution in [0, 0.1) is 17.2 Å². The normalized spacial score (nSPS) is 14.8. The van der Waals surface area contributed by atoms with Crippen molar-refractivity contribution in [3.63, 3.8) is 0 Å². The molecular formula is C14H17ClN2. The summed E-state index contributed by atoms with van der Waals surface area (Å²) < 4.78 is 0.